The lowest BCUT2D eigenvalue weighted by atomic mass is 9.78. The molecule has 2 radical (unpaired) electrons. The van der Waals surface area contributed by atoms with Crippen LogP contribution in [0.4, 0.5) is 0 Å². The van der Waals surface area contributed by atoms with Crippen LogP contribution in [0.15, 0.2) is 0 Å². The van der Waals surface area contributed by atoms with E-state index in [1.54, 1.807) is 0 Å². The van der Waals surface area contributed by atoms with Gasteiger partial charge < -0.3 is 0 Å². The van der Waals surface area contributed by atoms with Gasteiger partial charge in [0.2, 0.25) is 0 Å². The van der Waals surface area contributed by atoms with Crippen molar-refractivity contribution >= 4 is 7.85 Å². The quantitative estimate of drug-likeness (QED) is 0.451. The predicted molar refractivity (Wildman–Crippen MR) is 37.1 cm³/mol. The molecule has 0 nitrogen and oxygen atoms in total. The molecule has 0 aromatic heterocycles. The average Bonchev–Trinajstić information content (AvgIpc) is 2.14. The monoisotopic (exact) mass is 108 g/mol. The van der Waals surface area contributed by atoms with E-state index in [1.807, 2.05) is 0 Å². The smallest absolute Gasteiger partial charge is 0.0703 e. The topological polar surface area (TPSA) is 0 Å². The van der Waals surface area contributed by atoms with E-state index < -0.39 is 0 Å². The maximum Gasteiger partial charge on any atom is 0.0703 e. The zero-order chi connectivity index (χ0) is 5.98. The molecule has 0 heterocycles. The minimum absolute atomic E-state index is 0.528. The molecular formula is C7H13B. The number of hydrogen-bond donors (Lipinski definition) is 0. The van der Waals surface area contributed by atoms with Crippen molar-refractivity contribution in [1.29, 1.82) is 0 Å². The van der Waals surface area contributed by atoms with Crippen LogP contribution in [0.1, 0.15) is 32.6 Å². The summed E-state index contributed by atoms with van der Waals surface area (Å²) in [7, 11) is 5.79. The van der Waals surface area contributed by atoms with Gasteiger partial charge in [-0.05, 0) is 5.92 Å². The summed E-state index contributed by atoms with van der Waals surface area (Å²) in [4.78, 5) is 0. The van der Waals surface area contributed by atoms with Crippen LogP contribution in [0.25, 0.3) is 0 Å². The first kappa shape index (κ1) is 6.19. The van der Waals surface area contributed by atoms with Gasteiger partial charge in [0.15, 0.2) is 0 Å². The lowest BCUT2D eigenvalue weighted by Gasteiger charge is -2.10. The molecule has 1 saturated carbocycles. The summed E-state index contributed by atoms with van der Waals surface area (Å²) >= 11 is 0. The maximum absolute atomic E-state index is 5.79. The molecule has 8 heavy (non-hydrogen) atoms. The first-order chi connectivity index (χ1) is 3.84. The molecule has 0 aliphatic heterocycles. The molecule has 0 aromatic rings. The van der Waals surface area contributed by atoms with Crippen molar-refractivity contribution in [2.45, 2.75) is 38.4 Å². The van der Waals surface area contributed by atoms with Gasteiger partial charge in [-0.1, -0.05) is 38.4 Å². The van der Waals surface area contributed by atoms with Crippen molar-refractivity contribution in [2.24, 2.45) is 5.92 Å². The van der Waals surface area contributed by atoms with Gasteiger partial charge in [-0.25, -0.2) is 0 Å². The van der Waals surface area contributed by atoms with Gasteiger partial charge in [0.1, 0.15) is 0 Å². The molecule has 0 aromatic carbocycles. The summed E-state index contributed by atoms with van der Waals surface area (Å²) < 4.78 is 0. The van der Waals surface area contributed by atoms with Gasteiger partial charge in [0.25, 0.3) is 0 Å². The Balaban J connectivity index is 2.30. The number of rotatable bonds is 1. The fraction of sp³-hybridized carbons (Fsp3) is 1.00. The molecule has 1 unspecified atom stereocenters. The van der Waals surface area contributed by atoms with Gasteiger partial charge in [-0.3, -0.25) is 0 Å². The van der Waals surface area contributed by atoms with Crippen molar-refractivity contribution in [2.75, 3.05) is 0 Å². The van der Waals surface area contributed by atoms with E-state index >= 15 is 0 Å². The third kappa shape index (κ3) is 1.07. The van der Waals surface area contributed by atoms with Crippen molar-refractivity contribution in [3.05, 3.63) is 0 Å². The van der Waals surface area contributed by atoms with Gasteiger partial charge in [0.05, 0.1) is 7.85 Å². The number of hydrogen-bond acceptors (Lipinski definition) is 0. The lowest BCUT2D eigenvalue weighted by molar-refractivity contribution is 0.530. The van der Waals surface area contributed by atoms with Crippen LogP contribution in [0, 0.1) is 5.92 Å². The molecule has 1 aliphatic carbocycles. The van der Waals surface area contributed by atoms with Gasteiger partial charge in [0, 0.05) is 0 Å². The first-order valence-corrected chi connectivity index (χ1v) is 3.60. The molecule has 0 N–H and O–H groups in total. The Labute approximate surface area is 53.1 Å². The molecule has 44 valence electrons. The largest absolute Gasteiger partial charge is 0.0746 e. The van der Waals surface area contributed by atoms with E-state index in [2.05, 4.69) is 6.92 Å². The van der Waals surface area contributed by atoms with Crippen molar-refractivity contribution < 1.29 is 0 Å². The first-order valence-electron chi connectivity index (χ1n) is 3.60. The van der Waals surface area contributed by atoms with Gasteiger partial charge in [-0.15, -0.1) is 0 Å². The van der Waals surface area contributed by atoms with Crippen LogP contribution in [0.3, 0.4) is 0 Å². The van der Waals surface area contributed by atoms with E-state index in [0.717, 1.165) is 5.92 Å². The highest BCUT2D eigenvalue weighted by molar-refractivity contribution is 6.11. The average molecular weight is 108 g/mol. The van der Waals surface area contributed by atoms with E-state index in [9.17, 15) is 0 Å². The summed E-state index contributed by atoms with van der Waals surface area (Å²) in [5, 5.41) is 0. The normalized spacial score (nSPS) is 38.1. The van der Waals surface area contributed by atoms with E-state index in [1.165, 1.54) is 25.7 Å². The summed E-state index contributed by atoms with van der Waals surface area (Å²) in [6, 6.07) is 0. The van der Waals surface area contributed by atoms with E-state index in [-0.39, 0.29) is 0 Å². The molecule has 1 heteroatoms. The fourth-order valence-corrected chi connectivity index (χ4v) is 1.57. The Hall–Kier alpha value is 0.0649. The summed E-state index contributed by atoms with van der Waals surface area (Å²) in [6.45, 7) is 2.23. The fourth-order valence-electron chi connectivity index (χ4n) is 1.57. The highest BCUT2D eigenvalue weighted by Gasteiger charge is 2.20. The molecule has 0 amide bonds. The Bertz CT molecular complexity index is 70.8. The second-order valence-electron chi connectivity index (χ2n) is 2.76. The van der Waals surface area contributed by atoms with Crippen LogP contribution in [0.5, 0.6) is 0 Å². The molecule has 0 bridgehead atoms. The molecule has 0 spiro atoms. The highest BCUT2D eigenvalue weighted by atomic mass is 14.2. The van der Waals surface area contributed by atoms with Gasteiger partial charge in [-0.2, -0.15) is 0 Å². The van der Waals surface area contributed by atoms with Crippen LogP contribution < -0.4 is 0 Å². The standard InChI is InChI=1S/C7H13B/c1-2-6-4-3-5-7(6)8/h6-7H,2-5H2,1H3/t6?,7-/m1/s1. The highest BCUT2D eigenvalue weighted by Crippen LogP contribution is 2.35. The Morgan fingerprint density at radius 2 is 2.25 bits per heavy atom. The second kappa shape index (κ2) is 2.57. The Morgan fingerprint density at radius 1 is 1.50 bits per heavy atom. The third-order valence-electron chi connectivity index (χ3n) is 2.24. The summed E-state index contributed by atoms with van der Waals surface area (Å²) in [5.41, 5.74) is 0. The Kier molecular flexibility index (Phi) is 1.98. The van der Waals surface area contributed by atoms with Crippen LogP contribution in [-0.2, 0) is 0 Å². The third-order valence-corrected chi connectivity index (χ3v) is 2.24. The van der Waals surface area contributed by atoms with Gasteiger partial charge >= 0.3 is 0 Å². The lowest BCUT2D eigenvalue weighted by Crippen LogP contribution is -1.98. The maximum atomic E-state index is 5.79. The zero-order valence-electron chi connectivity index (χ0n) is 5.56. The molecule has 2 atom stereocenters. The van der Waals surface area contributed by atoms with Crippen LogP contribution in [-0.4, -0.2) is 7.85 Å². The SMILES string of the molecule is [B][C@@H]1CCCC1CC. The minimum atomic E-state index is 0.528. The minimum Gasteiger partial charge on any atom is -0.0746 e. The molecule has 1 rings (SSSR count). The predicted octanol–water partition coefficient (Wildman–Crippen LogP) is 2.15. The van der Waals surface area contributed by atoms with E-state index in [0.29, 0.717) is 5.82 Å². The summed E-state index contributed by atoms with van der Waals surface area (Å²) in [6.07, 6.45) is 5.27. The second-order valence-corrected chi connectivity index (χ2v) is 2.76. The molecule has 1 aliphatic rings. The van der Waals surface area contributed by atoms with E-state index in [4.69, 9.17) is 7.85 Å². The molecule has 1 fully saturated rings. The molecular weight excluding hydrogens is 94.9 g/mol. The zero-order valence-corrected chi connectivity index (χ0v) is 5.56. The van der Waals surface area contributed by atoms with Crippen molar-refractivity contribution in [3.8, 4) is 0 Å². The van der Waals surface area contributed by atoms with Crippen molar-refractivity contribution in [3.63, 3.8) is 0 Å². The Morgan fingerprint density at radius 3 is 2.50 bits per heavy atom. The summed E-state index contributed by atoms with van der Waals surface area (Å²) in [5.74, 6) is 1.37. The van der Waals surface area contributed by atoms with Crippen molar-refractivity contribution in [1.82, 2.24) is 0 Å². The molecule has 0 saturated heterocycles. The van der Waals surface area contributed by atoms with Crippen LogP contribution >= 0.6 is 0 Å². The van der Waals surface area contributed by atoms with Crippen LogP contribution in [0.2, 0.25) is 5.82 Å².